The van der Waals surface area contributed by atoms with E-state index in [9.17, 15) is 19.1 Å². The fraction of sp³-hybridized carbons (Fsp3) is 0.720. The quantitative estimate of drug-likeness (QED) is 0.392. The lowest BCUT2D eigenvalue weighted by Gasteiger charge is -2.61. The average molecular weight is 478 g/mol. The molecule has 8 heteroatoms. The molecule has 3 unspecified atom stereocenters. The van der Waals surface area contributed by atoms with Crippen molar-refractivity contribution in [1.29, 1.82) is 0 Å². The number of carbonyl (C=O) groups is 1. The first-order valence-corrected chi connectivity index (χ1v) is 13.4. The van der Waals surface area contributed by atoms with Gasteiger partial charge in [-0.15, -0.1) is 0 Å². The summed E-state index contributed by atoms with van der Waals surface area (Å²) in [7, 11) is -5.20. The number of ether oxygens (including phenoxy) is 1. The Balaban J connectivity index is 1.58. The van der Waals surface area contributed by atoms with Crippen molar-refractivity contribution < 1.29 is 28.4 Å². The van der Waals surface area contributed by atoms with E-state index in [2.05, 4.69) is 39.1 Å². The summed E-state index contributed by atoms with van der Waals surface area (Å²) in [4.78, 5) is 33.6. The topological polar surface area (TPSA) is 125 Å². The van der Waals surface area contributed by atoms with Gasteiger partial charge >= 0.3 is 5.97 Å². The third-order valence-corrected chi connectivity index (χ3v) is 9.58. The molecule has 33 heavy (non-hydrogen) atoms. The van der Waals surface area contributed by atoms with Gasteiger partial charge in [0.2, 0.25) is 0 Å². The van der Waals surface area contributed by atoms with Gasteiger partial charge in [0, 0.05) is 0 Å². The Morgan fingerprint density at radius 3 is 2.55 bits per heavy atom. The molecule has 1 aromatic carbocycles. The maximum absolute atomic E-state index is 12.3. The zero-order valence-electron chi connectivity index (χ0n) is 20.3. The summed E-state index contributed by atoms with van der Waals surface area (Å²) < 4.78 is 20.2. The maximum Gasteiger partial charge on any atom is 0.330 e. The second kappa shape index (κ2) is 8.17. The van der Waals surface area contributed by atoms with Crippen molar-refractivity contribution in [1.82, 2.24) is 0 Å². The average Bonchev–Trinajstić information content (AvgIpc) is 2.99. The summed E-state index contributed by atoms with van der Waals surface area (Å²) in [5.41, 5.74) is 10.1. The Morgan fingerprint density at radius 2 is 1.88 bits per heavy atom. The van der Waals surface area contributed by atoms with Gasteiger partial charge in [0.1, 0.15) is 11.8 Å². The van der Waals surface area contributed by atoms with Crippen LogP contribution in [0.15, 0.2) is 12.1 Å². The minimum atomic E-state index is -5.20. The van der Waals surface area contributed by atoms with Crippen molar-refractivity contribution in [2.45, 2.75) is 84.6 Å². The first kappa shape index (κ1) is 24.9. The summed E-state index contributed by atoms with van der Waals surface area (Å²) in [5.74, 6) is 0.819. The lowest BCUT2D eigenvalue weighted by atomic mass is 9.43. The standard InChI is InChI=1S/C25H38NO6P/c1-15-11-17(32-22(27)18(26)14-31-33(28,29)30)12-16-13-20-24(4)9-6-8-23(2,3)19(24)7-10-25(20,5)21(15)16/h11-12,18-20H,6-10,13-14,26H2,1-5H3,(H2,28,29,30)/p-2/t18?,19?,20-,24+,25?/m1/s1. The molecule has 2 fully saturated rings. The van der Waals surface area contributed by atoms with Gasteiger partial charge in [-0.3, -0.25) is 0 Å². The van der Waals surface area contributed by atoms with E-state index in [1.165, 1.54) is 43.2 Å². The molecule has 0 heterocycles. The Morgan fingerprint density at radius 1 is 1.18 bits per heavy atom. The zero-order chi connectivity index (χ0) is 24.4. The van der Waals surface area contributed by atoms with Crippen molar-refractivity contribution in [3.63, 3.8) is 0 Å². The molecule has 0 aromatic heterocycles. The molecule has 1 aromatic rings. The van der Waals surface area contributed by atoms with Crippen molar-refractivity contribution in [3.05, 3.63) is 28.8 Å². The Bertz CT molecular complexity index is 1000. The molecule has 7 nitrogen and oxygen atoms in total. The molecule has 3 aliphatic rings. The molecule has 0 bridgehead atoms. The molecule has 184 valence electrons. The predicted octanol–water partition coefficient (Wildman–Crippen LogP) is 3.13. The van der Waals surface area contributed by atoms with E-state index in [0.29, 0.717) is 23.0 Å². The normalized spacial score (nSPS) is 33.6. The number of hydrogen-bond acceptors (Lipinski definition) is 7. The molecule has 0 amide bonds. The number of rotatable bonds is 5. The number of carbonyl (C=O) groups excluding carboxylic acids is 1. The van der Waals surface area contributed by atoms with Crippen LogP contribution in [0.4, 0.5) is 0 Å². The lowest BCUT2D eigenvalue weighted by Crippen LogP contribution is -2.55. The van der Waals surface area contributed by atoms with Crippen molar-refractivity contribution in [2.24, 2.45) is 28.4 Å². The van der Waals surface area contributed by atoms with Crippen molar-refractivity contribution >= 4 is 13.8 Å². The molecule has 4 rings (SSSR count). The number of phosphoric ester groups is 1. The highest BCUT2D eigenvalue weighted by Crippen LogP contribution is 2.67. The van der Waals surface area contributed by atoms with Crippen LogP contribution in [-0.2, 0) is 25.7 Å². The highest BCUT2D eigenvalue weighted by Gasteiger charge is 2.61. The number of fused-ring (bicyclic) bond motifs is 5. The number of hydrogen-bond donors (Lipinski definition) is 1. The summed E-state index contributed by atoms with van der Waals surface area (Å²) in [6.45, 7) is 11.1. The van der Waals surface area contributed by atoms with E-state index in [-0.39, 0.29) is 10.8 Å². The van der Waals surface area contributed by atoms with Crippen LogP contribution in [0.1, 0.15) is 76.5 Å². The largest absolute Gasteiger partial charge is 0.790 e. The Hall–Kier alpha value is -1.24. The highest BCUT2D eigenvalue weighted by molar-refractivity contribution is 7.43. The SMILES string of the molecule is Cc1cc(OC(=O)C(N)COP(=O)([O-])[O-])cc2c1C1(C)CCC3C(C)(C)CCC[C@]3(C)[C@H]1C2. The maximum atomic E-state index is 12.3. The molecule has 5 atom stereocenters. The molecule has 2 N–H and O–H groups in total. The van der Waals surface area contributed by atoms with E-state index in [1.54, 1.807) is 0 Å². The monoisotopic (exact) mass is 477 g/mol. The minimum absolute atomic E-state index is 0.105. The summed E-state index contributed by atoms with van der Waals surface area (Å²) in [5, 5.41) is 0. The van der Waals surface area contributed by atoms with Gasteiger partial charge in [0.25, 0.3) is 0 Å². The third-order valence-electron chi connectivity index (χ3n) is 9.11. The smallest absolute Gasteiger partial charge is 0.330 e. The van der Waals surface area contributed by atoms with E-state index in [4.69, 9.17) is 10.5 Å². The van der Waals surface area contributed by atoms with E-state index in [0.717, 1.165) is 12.0 Å². The molecule has 0 aliphatic heterocycles. The van der Waals surface area contributed by atoms with Crippen LogP contribution in [0.5, 0.6) is 5.75 Å². The van der Waals surface area contributed by atoms with Gasteiger partial charge < -0.3 is 29.3 Å². The number of phosphoric acid groups is 1. The van der Waals surface area contributed by atoms with Crippen molar-refractivity contribution in [3.8, 4) is 5.75 Å². The molecule has 0 radical (unpaired) electrons. The summed E-state index contributed by atoms with van der Waals surface area (Å²) in [6.07, 6.45) is 7.19. The highest BCUT2D eigenvalue weighted by atomic mass is 31.2. The molecule has 2 saturated carbocycles. The van der Waals surface area contributed by atoms with Crippen LogP contribution in [0.3, 0.4) is 0 Å². The number of nitrogens with two attached hydrogens (primary N) is 1. The second-order valence-corrected chi connectivity index (χ2v) is 12.8. The van der Waals surface area contributed by atoms with Crippen LogP contribution in [-0.4, -0.2) is 18.6 Å². The predicted molar refractivity (Wildman–Crippen MR) is 121 cm³/mol. The first-order chi connectivity index (χ1) is 15.2. The second-order valence-electron chi connectivity index (χ2n) is 11.7. The van der Waals surface area contributed by atoms with Gasteiger partial charge in [-0.05, 0) is 95.9 Å². The van der Waals surface area contributed by atoms with E-state index in [1.807, 2.05) is 12.1 Å². The fourth-order valence-corrected chi connectivity index (χ4v) is 8.26. The van der Waals surface area contributed by atoms with E-state index < -0.39 is 26.4 Å². The molecule has 0 saturated heterocycles. The van der Waals surface area contributed by atoms with Gasteiger partial charge in [0.15, 0.2) is 0 Å². The van der Waals surface area contributed by atoms with Crippen LogP contribution < -0.4 is 20.3 Å². The molecular formula is C25H36NO6P-2. The van der Waals surface area contributed by atoms with Gasteiger partial charge in [-0.2, -0.15) is 0 Å². The van der Waals surface area contributed by atoms with Gasteiger partial charge in [0.05, 0.1) is 14.4 Å². The fourth-order valence-electron chi connectivity index (χ4n) is 7.92. The van der Waals surface area contributed by atoms with E-state index >= 15 is 0 Å². The molecule has 3 aliphatic carbocycles. The minimum Gasteiger partial charge on any atom is -0.790 e. The van der Waals surface area contributed by atoms with Gasteiger partial charge in [-0.1, -0.05) is 34.1 Å². The lowest BCUT2D eigenvalue weighted by molar-refractivity contribution is -0.341. The third kappa shape index (κ3) is 4.32. The van der Waals surface area contributed by atoms with Crippen LogP contribution in [0, 0.1) is 29.6 Å². The summed E-state index contributed by atoms with van der Waals surface area (Å²) in [6, 6.07) is 2.44. The van der Waals surface area contributed by atoms with Gasteiger partial charge in [-0.25, -0.2) is 4.79 Å². The number of esters is 1. The van der Waals surface area contributed by atoms with Crippen LogP contribution in [0.25, 0.3) is 0 Å². The van der Waals surface area contributed by atoms with Crippen molar-refractivity contribution in [2.75, 3.05) is 6.61 Å². The first-order valence-electron chi connectivity index (χ1n) is 12.0. The van der Waals surface area contributed by atoms with Crippen LogP contribution >= 0.6 is 7.82 Å². The number of benzene rings is 1. The Kier molecular flexibility index (Phi) is 6.15. The zero-order valence-corrected chi connectivity index (χ0v) is 21.2. The molecular weight excluding hydrogens is 441 g/mol. The van der Waals surface area contributed by atoms with Crippen LogP contribution in [0.2, 0.25) is 0 Å². The Labute approximate surface area is 196 Å². The molecule has 0 spiro atoms. The summed E-state index contributed by atoms with van der Waals surface area (Å²) >= 11 is 0. The number of aryl methyl sites for hydroxylation is 1.